The van der Waals surface area contributed by atoms with Gasteiger partial charge in [-0.05, 0) is 53.8 Å². The molecule has 0 aromatic heterocycles. The molecule has 182 valence electrons. The molecule has 0 aliphatic rings. The van der Waals surface area contributed by atoms with Gasteiger partial charge >= 0.3 is 0 Å². The Labute approximate surface area is 203 Å². The van der Waals surface area contributed by atoms with Crippen molar-refractivity contribution in [3.05, 3.63) is 66.2 Å². The Kier molecular flexibility index (Phi) is 9.80. The highest BCUT2D eigenvalue weighted by Crippen LogP contribution is 2.38. The Bertz CT molecular complexity index is 1020. The molecule has 1 unspecified atom stereocenters. The molecular weight excluding hydrogens is 426 g/mol. The number of ether oxygens (including phenoxy) is 3. The maximum absolute atomic E-state index is 10.2. The predicted octanol–water partition coefficient (Wildman–Crippen LogP) is 6.47. The molecule has 0 amide bonds. The largest absolute Gasteiger partial charge is 0.497 e. The molecule has 0 fully saturated rings. The van der Waals surface area contributed by atoms with E-state index in [0.717, 1.165) is 65.0 Å². The lowest BCUT2D eigenvalue weighted by Crippen LogP contribution is -2.11. The van der Waals surface area contributed by atoms with Gasteiger partial charge in [0, 0.05) is 23.4 Å². The van der Waals surface area contributed by atoms with E-state index in [4.69, 9.17) is 19.9 Å². The van der Waals surface area contributed by atoms with Gasteiger partial charge in [-0.1, -0.05) is 62.6 Å². The number of nitrogen functional groups attached to an aromatic ring is 1. The van der Waals surface area contributed by atoms with Gasteiger partial charge in [0.25, 0.3) is 0 Å². The fourth-order valence-corrected chi connectivity index (χ4v) is 4.08. The van der Waals surface area contributed by atoms with Crippen LogP contribution in [0.25, 0.3) is 22.3 Å². The predicted molar refractivity (Wildman–Crippen MR) is 139 cm³/mol. The van der Waals surface area contributed by atoms with Gasteiger partial charge < -0.3 is 25.1 Å². The number of hydrogen-bond acceptors (Lipinski definition) is 5. The van der Waals surface area contributed by atoms with Gasteiger partial charge in [-0.15, -0.1) is 0 Å². The van der Waals surface area contributed by atoms with E-state index in [1.807, 2.05) is 54.6 Å². The van der Waals surface area contributed by atoms with Crippen LogP contribution in [0.2, 0.25) is 0 Å². The molecule has 3 rings (SSSR count). The summed E-state index contributed by atoms with van der Waals surface area (Å²) in [6.45, 7) is 3.10. The van der Waals surface area contributed by atoms with Crippen LogP contribution in [-0.2, 0) is 11.3 Å². The molecule has 0 bridgehead atoms. The van der Waals surface area contributed by atoms with Crippen molar-refractivity contribution in [2.24, 2.45) is 0 Å². The first-order chi connectivity index (χ1) is 16.6. The molecule has 0 aliphatic carbocycles. The minimum Gasteiger partial charge on any atom is -0.497 e. The van der Waals surface area contributed by atoms with E-state index in [1.165, 1.54) is 0 Å². The number of methoxy groups -OCH3 is 2. The van der Waals surface area contributed by atoms with E-state index in [9.17, 15) is 5.11 Å². The van der Waals surface area contributed by atoms with Crippen LogP contribution in [0.5, 0.6) is 11.5 Å². The van der Waals surface area contributed by atoms with Crippen molar-refractivity contribution >= 4 is 5.69 Å². The van der Waals surface area contributed by atoms with Crippen LogP contribution in [0.1, 0.15) is 44.6 Å². The molecule has 3 N–H and O–H groups in total. The van der Waals surface area contributed by atoms with Crippen molar-refractivity contribution in [1.82, 2.24) is 0 Å². The molecule has 5 nitrogen and oxygen atoms in total. The molecule has 0 saturated carbocycles. The number of aliphatic hydroxyl groups is 1. The molecule has 0 spiro atoms. The van der Waals surface area contributed by atoms with Gasteiger partial charge in [0.05, 0.1) is 26.9 Å². The average molecular weight is 464 g/mol. The summed E-state index contributed by atoms with van der Waals surface area (Å²) in [4.78, 5) is 0. The Morgan fingerprint density at radius 1 is 0.794 bits per heavy atom. The number of rotatable bonds is 13. The molecule has 1 atom stereocenters. The highest BCUT2D eigenvalue weighted by atomic mass is 16.5. The van der Waals surface area contributed by atoms with Crippen LogP contribution in [-0.4, -0.2) is 32.0 Å². The van der Waals surface area contributed by atoms with Crippen molar-refractivity contribution in [2.75, 3.05) is 26.6 Å². The number of unbranched alkanes of at least 4 members (excludes halogenated alkanes) is 2. The number of anilines is 1. The average Bonchev–Trinajstić information content (AvgIpc) is 2.87. The molecule has 0 heterocycles. The SMILES string of the molecule is CCCCCC(O)CCOCc1ccc(-c2ccc(OC)cc2)c(N)c1-c1ccc(OC)cc1. The summed E-state index contributed by atoms with van der Waals surface area (Å²) in [5.74, 6) is 1.60. The summed E-state index contributed by atoms with van der Waals surface area (Å²) in [5, 5.41) is 10.2. The van der Waals surface area contributed by atoms with Gasteiger partial charge in [0.1, 0.15) is 11.5 Å². The number of nitrogens with two attached hydrogens (primary N) is 1. The second-order valence-electron chi connectivity index (χ2n) is 8.51. The van der Waals surface area contributed by atoms with Gasteiger partial charge in [-0.25, -0.2) is 0 Å². The van der Waals surface area contributed by atoms with E-state index in [-0.39, 0.29) is 6.10 Å². The highest BCUT2D eigenvalue weighted by Gasteiger charge is 2.15. The fourth-order valence-electron chi connectivity index (χ4n) is 4.08. The third-order valence-electron chi connectivity index (χ3n) is 6.11. The van der Waals surface area contributed by atoms with Crippen LogP contribution < -0.4 is 15.2 Å². The van der Waals surface area contributed by atoms with Crippen molar-refractivity contribution in [2.45, 2.75) is 51.7 Å². The summed E-state index contributed by atoms with van der Waals surface area (Å²) in [6.07, 6.45) is 4.53. The molecule has 5 heteroatoms. The topological polar surface area (TPSA) is 73.9 Å². The zero-order chi connectivity index (χ0) is 24.3. The Morgan fingerprint density at radius 2 is 1.41 bits per heavy atom. The first-order valence-electron chi connectivity index (χ1n) is 12.0. The molecular formula is C29H37NO4. The Hall–Kier alpha value is -3.02. The maximum Gasteiger partial charge on any atom is 0.118 e. The first kappa shape index (κ1) is 25.6. The summed E-state index contributed by atoms with van der Waals surface area (Å²) in [7, 11) is 3.31. The summed E-state index contributed by atoms with van der Waals surface area (Å²) in [5.41, 5.74) is 12.4. The Morgan fingerprint density at radius 3 is 2.00 bits per heavy atom. The van der Waals surface area contributed by atoms with Crippen LogP contribution in [0.4, 0.5) is 5.69 Å². The molecule has 3 aromatic carbocycles. The van der Waals surface area contributed by atoms with Crippen LogP contribution in [0, 0.1) is 0 Å². The van der Waals surface area contributed by atoms with Crippen molar-refractivity contribution in [3.8, 4) is 33.8 Å². The second-order valence-corrected chi connectivity index (χ2v) is 8.51. The fraction of sp³-hybridized carbons (Fsp3) is 0.379. The van der Waals surface area contributed by atoms with E-state index in [2.05, 4.69) is 13.0 Å². The smallest absolute Gasteiger partial charge is 0.118 e. The quantitative estimate of drug-likeness (QED) is 0.224. The lowest BCUT2D eigenvalue weighted by Gasteiger charge is -2.18. The maximum atomic E-state index is 10.2. The van der Waals surface area contributed by atoms with E-state index in [0.29, 0.717) is 25.3 Å². The van der Waals surface area contributed by atoms with Crippen LogP contribution in [0.3, 0.4) is 0 Å². The Balaban J connectivity index is 1.82. The van der Waals surface area contributed by atoms with E-state index in [1.54, 1.807) is 14.2 Å². The third-order valence-corrected chi connectivity index (χ3v) is 6.11. The molecule has 0 saturated heterocycles. The lowest BCUT2D eigenvalue weighted by atomic mass is 9.92. The molecule has 0 aliphatic heterocycles. The molecule has 34 heavy (non-hydrogen) atoms. The first-order valence-corrected chi connectivity index (χ1v) is 12.0. The van der Waals surface area contributed by atoms with Gasteiger partial charge in [0.2, 0.25) is 0 Å². The molecule has 0 radical (unpaired) electrons. The standard InChI is InChI=1S/C29H37NO4/c1-4-5-6-7-24(31)18-19-34-20-23-12-17-27(21-8-13-25(32-2)14-9-21)29(30)28(23)22-10-15-26(33-3)16-11-22/h8-17,24,31H,4-7,18-20,30H2,1-3H3. The number of hydrogen-bond donors (Lipinski definition) is 2. The lowest BCUT2D eigenvalue weighted by molar-refractivity contribution is 0.0692. The number of benzene rings is 3. The minimum absolute atomic E-state index is 0.310. The summed E-state index contributed by atoms with van der Waals surface area (Å²) >= 11 is 0. The normalized spacial score (nSPS) is 11.9. The van der Waals surface area contributed by atoms with Gasteiger partial charge in [-0.3, -0.25) is 0 Å². The minimum atomic E-state index is -0.310. The van der Waals surface area contributed by atoms with Crippen molar-refractivity contribution < 1.29 is 19.3 Å². The number of aliphatic hydroxyl groups excluding tert-OH is 1. The third kappa shape index (κ3) is 6.75. The van der Waals surface area contributed by atoms with Gasteiger partial charge in [0.15, 0.2) is 0 Å². The second kappa shape index (κ2) is 13.0. The van der Waals surface area contributed by atoms with Crippen molar-refractivity contribution in [1.29, 1.82) is 0 Å². The van der Waals surface area contributed by atoms with Gasteiger partial charge in [-0.2, -0.15) is 0 Å². The van der Waals surface area contributed by atoms with Crippen LogP contribution in [0.15, 0.2) is 60.7 Å². The van der Waals surface area contributed by atoms with Crippen LogP contribution >= 0.6 is 0 Å². The summed E-state index contributed by atoms with van der Waals surface area (Å²) < 4.78 is 16.6. The zero-order valence-corrected chi connectivity index (χ0v) is 20.5. The molecule has 3 aromatic rings. The van der Waals surface area contributed by atoms with E-state index < -0.39 is 0 Å². The highest BCUT2D eigenvalue weighted by molar-refractivity contribution is 5.91. The van der Waals surface area contributed by atoms with Crippen molar-refractivity contribution in [3.63, 3.8) is 0 Å². The summed E-state index contributed by atoms with van der Waals surface area (Å²) in [6, 6.07) is 19.9. The van der Waals surface area contributed by atoms with E-state index >= 15 is 0 Å². The zero-order valence-electron chi connectivity index (χ0n) is 20.5. The monoisotopic (exact) mass is 463 g/mol.